The Morgan fingerprint density at radius 1 is 0.964 bits per heavy atom. The molecule has 0 radical (unpaired) electrons. The SMILES string of the molecule is NC(=NN=Cc1ccc(OCc2ccccc2F)cc1)SCc1ccccc1. The van der Waals surface area contributed by atoms with Gasteiger partial charge in [0, 0.05) is 11.3 Å². The highest BCUT2D eigenvalue weighted by Crippen LogP contribution is 2.15. The number of halogens is 1. The van der Waals surface area contributed by atoms with Crippen molar-refractivity contribution >= 4 is 23.1 Å². The monoisotopic (exact) mass is 393 g/mol. The molecule has 0 atom stereocenters. The number of hydrogen-bond donors (Lipinski definition) is 1. The molecule has 0 heterocycles. The van der Waals surface area contributed by atoms with Crippen LogP contribution in [0.2, 0.25) is 0 Å². The van der Waals surface area contributed by atoms with Crippen LogP contribution in [0.25, 0.3) is 0 Å². The fourth-order valence-corrected chi connectivity index (χ4v) is 2.95. The first-order chi connectivity index (χ1) is 13.7. The first kappa shape index (κ1) is 19.6. The van der Waals surface area contributed by atoms with Gasteiger partial charge in [0.1, 0.15) is 18.2 Å². The molecule has 0 spiro atoms. The maximum Gasteiger partial charge on any atom is 0.180 e. The maximum absolute atomic E-state index is 13.6. The van der Waals surface area contributed by atoms with Crippen molar-refractivity contribution in [2.45, 2.75) is 12.4 Å². The van der Waals surface area contributed by atoms with Crippen LogP contribution in [0.1, 0.15) is 16.7 Å². The van der Waals surface area contributed by atoms with Crippen molar-refractivity contribution in [1.82, 2.24) is 0 Å². The predicted octanol–water partition coefficient (Wildman–Crippen LogP) is 4.99. The molecule has 4 nitrogen and oxygen atoms in total. The molecule has 6 heteroatoms. The molecule has 0 fully saturated rings. The van der Waals surface area contributed by atoms with E-state index in [9.17, 15) is 4.39 Å². The van der Waals surface area contributed by atoms with Crippen LogP contribution in [0, 0.1) is 5.82 Å². The van der Waals surface area contributed by atoms with Gasteiger partial charge in [-0.15, -0.1) is 5.10 Å². The molecule has 3 aromatic carbocycles. The number of hydrogen-bond acceptors (Lipinski definition) is 4. The van der Waals surface area contributed by atoms with Crippen LogP contribution in [0.3, 0.4) is 0 Å². The van der Waals surface area contributed by atoms with Gasteiger partial charge in [0.25, 0.3) is 0 Å². The number of amidine groups is 1. The largest absolute Gasteiger partial charge is 0.489 e. The second kappa shape index (κ2) is 10.3. The van der Waals surface area contributed by atoms with Crippen LogP contribution in [0.15, 0.2) is 89.1 Å². The van der Waals surface area contributed by atoms with E-state index in [0.717, 1.165) is 11.3 Å². The number of nitrogens with zero attached hydrogens (tertiary/aromatic N) is 2. The van der Waals surface area contributed by atoms with Crippen molar-refractivity contribution in [3.63, 3.8) is 0 Å². The van der Waals surface area contributed by atoms with E-state index in [1.54, 1.807) is 36.5 Å². The normalized spacial score (nSPS) is 11.7. The minimum atomic E-state index is -0.271. The Kier molecular flexibility index (Phi) is 7.21. The molecule has 28 heavy (non-hydrogen) atoms. The van der Waals surface area contributed by atoms with E-state index in [1.165, 1.54) is 23.4 Å². The molecule has 3 aromatic rings. The molecule has 0 unspecified atom stereocenters. The average molecular weight is 393 g/mol. The molecule has 2 N–H and O–H groups in total. The van der Waals surface area contributed by atoms with Gasteiger partial charge in [0.2, 0.25) is 0 Å². The molecule has 0 aliphatic rings. The third kappa shape index (κ3) is 6.25. The summed E-state index contributed by atoms with van der Waals surface area (Å²) in [6.45, 7) is 0.180. The van der Waals surface area contributed by atoms with Crippen molar-refractivity contribution in [2.24, 2.45) is 15.9 Å². The minimum absolute atomic E-state index is 0.180. The number of thioether (sulfide) groups is 1. The summed E-state index contributed by atoms with van der Waals surface area (Å²) < 4.78 is 19.2. The zero-order chi connectivity index (χ0) is 19.6. The lowest BCUT2D eigenvalue weighted by Crippen LogP contribution is -2.05. The average Bonchev–Trinajstić information content (AvgIpc) is 2.73. The molecular weight excluding hydrogens is 373 g/mol. The standard InChI is InChI=1S/C22H20FN3OS/c23-21-9-5-4-8-19(21)15-27-20-12-10-17(11-13-20)14-25-26-22(24)28-16-18-6-2-1-3-7-18/h1-14H,15-16H2,(H2,24,26). The van der Waals surface area contributed by atoms with Gasteiger partial charge in [-0.1, -0.05) is 60.3 Å². The summed E-state index contributed by atoms with van der Waals surface area (Å²) in [6, 6.07) is 23.9. The number of ether oxygens (including phenoxy) is 1. The van der Waals surface area contributed by atoms with E-state index in [1.807, 2.05) is 42.5 Å². The van der Waals surface area contributed by atoms with E-state index in [4.69, 9.17) is 10.5 Å². The van der Waals surface area contributed by atoms with E-state index in [2.05, 4.69) is 10.2 Å². The van der Waals surface area contributed by atoms with E-state index >= 15 is 0 Å². The first-order valence-corrected chi connectivity index (χ1v) is 9.69. The Bertz CT molecular complexity index is 944. The number of benzene rings is 3. The molecule has 142 valence electrons. The lowest BCUT2D eigenvalue weighted by molar-refractivity contribution is 0.300. The van der Waals surface area contributed by atoms with Gasteiger partial charge in [-0.05, 0) is 41.5 Å². The van der Waals surface area contributed by atoms with Gasteiger partial charge in [0.15, 0.2) is 5.17 Å². The number of rotatable bonds is 7. The van der Waals surface area contributed by atoms with Crippen molar-refractivity contribution in [1.29, 1.82) is 0 Å². The van der Waals surface area contributed by atoms with Gasteiger partial charge in [0.05, 0.1) is 6.21 Å². The van der Waals surface area contributed by atoms with Gasteiger partial charge >= 0.3 is 0 Å². The second-order valence-corrected chi connectivity index (χ2v) is 6.90. The summed E-state index contributed by atoms with van der Waals surface area (Å²) in [5, 5.41) is 8.42. The fourth-order valence-electron chi connectivity index (χ4n) is 2.34. The highest BCUT2D eigenvalue weighted by atomic mass is 32.2. The van der Waals surface area contributed by atoms with Crippen LogP contribution in [0.4, 0.5) is 4.39 Å². The topological polar surface area (TPSA) is 60.0 Å². The minimum Gasteiger partial charge on any atom is -0.489 e. The molecule has 0 aliphatic carbocycles. The van der Waals surface area contributed by atoms with E-state index in [0.29, 0.717) is 16.5 Å². The van der Waals surface area contributed by atoms with Crippen molar-refractivity contribution in [3.05, 3.63) is 101 Å². The van der Waals surface area contributed by atoms with Gasteiger partial charge < -0.3 is 10.5 Å². The van der Waals surface area contributed by atoms with Crippen LogP contribution in [0.5, 0.6) is 5.75 Å². The quantitative estimate of drug-likeness (QED) is 0.350. The molecule has 0 aromatic heterocycles. The van der Waals surface area contributed by atoms with Gasteiger partial charge in [-0.25, -0.2) is 4.39 Å². The van der Waals surface area contributed by atoms with Gasteiger partial charge in [-0.2, -0.15) is 5.10 Å². The van der Waals surface area contributed by atoms with Crippen molar-refractivity contribution in [2.75, 3.05) is 0 Å². The van der Waals surface area contributed by atoms with Crippen LogP contribution in [-0.4, -0.2) is 11.4 Å². The summed E-state index contributed by atoms with van der Waals surface area (Å²) in [7, 11) is 0. The summed E-state index contributed by atoms with van der Waals surface area (Å²) in [5.74, 6) is 1.13. The van der Waals surface area contributed by atoms with Gasteiger partial charge in [-0.3, -0.25) is 0 Å². The van der Waals surface area contributed by atoms with Crippen molar-refractivity contribution < 1.29 is 9.13 Å². The van der Waals surface area contributed by atoms with E-state index < -0.39 is 0 Å². The summed E-state index contributed by atoms with van der Waals surface area (Å²) in [5.41, 5.74) is 8.43. The zero-order valence-corrected chi connectivity index (χ0v) is 16.0. The molecule has 0 saturated carbocycles. The third-order valence-electron chi connectivity index (χ3n) is 3.82. The lowest BCUT2D eigenvalue weighted by Gasteiger charge is -2.07. The highest BCUT2D eigenvalue weighted by Gasteiger charge is 2.01. The van der Waals surface area contributed by atoms with Crippen LogP contribution < -0.4 is 10.5 Å². The van der Waals surface area contributed by atoms with Crippen LogP contribution >= 0.6 is 11.8 Å². The zero-order valence-electron chi connectivity index (χ0n) is 15.2. The molecule has 0 aliphatic heterocycles. The van der Waals surface area contributed by atoms with E-state index in [-0.39, 0.29) is 12.4 Å². The maximum atomic E-state index is 13.6. The molecule has 0 amide bonds. The Balaban J connectivity index is 1.48. The Hall–Kier alpha value is -3.12. The Morgan fingerprint density at radius 3 is 2.43 bits per heavy atom. The Labute approximate surface area is 168 Å². The Morgan fingerprint density at radius 2 is 1.68 bits per heavy atom. The molecule has 3 rings (SSSR count). The summed E-state index contributed by atoms with van der Waals surface area (Å²) in [4.78, 5) is 0. The second-order valence-electron chi connectivity index (χ2n) is 5.91. The molecule has 0 saturated heterocycles. The summed E-state index contributed by atoms with van der Waals surface area (Å²) >= 11 is 1.44. The lowest BCUT2D eigenvalue weighted by atomic mass is 10.2. The molecule has 0 bridgehead atoms. The van der Waals surface area contributed by atoms with Crippen molar-refractivity contribution in [3.8, 4) is 5.75 Å². The fraction of sp³-hybridized carbons (Fsp3) is 0.0909. The first-order valence-electron chi connectivity index (χ1n) is 8.70. The third-order valence-corrected chi connectivity index (χ3v) is 4.68. The number of nitrogens with two attached hydrogens (primary N) is 1. The highest BCUT2D eigenvalue weighted by molar-refractivity contribution is 8.13. The molecular formula is C22H20FN3OS. The predicted molar refractivity (Wildman–Crippen MR) is 114 cm³/mol. The summed E-state index contributed by atoms with van der Waals surface area (Å²) in [6.07, 6.45) is 1.62. The van der Waals surface area contributed by atoms with Crippen LogP contribution in [-0.2, 0) is 12.4 Å². The smallest absolute Gasteiger partial charge is 0.180 e.